The maximum atomic E-state index is 11.3. The van der Waals surface area contributed by atoms with Gasteiger partial charge in [-0.3, -0.25) is 4.79 Å². The quantitative estimate of drug-likeness (QED) is 0.650. The van der Waals surface area contributed by atoms with Crippen LogP contribution >= 0.6 is 0 Å². The van der Waals surface area contributed by atoms with Gasteiger partial charge >= 0.3 is 0 Å². The Morgan fingerprint density at radius 3 is 2.79 bits per heavy atom. The molecule has 14 heavy (non-hydrogen) atoms. The number of pyridine rings is 1. The summed E-state index contributed by atoms with van der Waals surface area (Å²) in [5, 5.41) is 0. The summed E-state index contributed by atoms with van der Waals surface area (Å²) in [5.41, 5.74) is 5.55. The lowest BCUT2D eigenvalue weighted by atomic mass is 10.3. The minimum absolute atomic E-state index is 0.134. The summed E-state index contributed by atoms with van der Waals surface area (Å²) in [6.07, 6.45) is 1.53. The topological polar surface area (TPSA) is 71.3 Å². The van der Waals surface area contributed by atoms with Crippen molar-refractivity contribution in [2.75, 3.05) is 36.9 Å². The monoisotopic (exact) mass is 195 g/mol. The Bertz CT molecular complexity index is 369. The van der Waals surface area contributed by atoms with E-state index in [0.717, 1.165) is 18.9 Å². The molecular formula is C9H13N3O2. The first-order valence-electron chi connectivity index (χ1n) is 4.58. The van der Waals surface area contributed by atoms with Crippen LogP contribution in [0.1, 0.15) is 0 Å². The van der Waals surface area contributed by atoms with E-state index in [-0.39, 0.29) is 11.1 Å². The number of ether oxygens (including phenoxy) is 1. The third kappa shape index (κ3) is 1.72. The van der Waals surface area contributed by atoms with Crippen molar-refractivity contribution in [1.82, 2.24) is 4.98 Å². The first kappa shape index (κ1) is 9.08. The van der Waals surface area contributed by atoms with Gasteiger partial charge in [0.15, 0.2) is 0 Å². The van der Waals surface area contributed by atoms with Crippen molar-refractivity contribution in [3.63, 3.8) is 0 Å². The number of hydrogen-bond acceptors (Lipinski definition) is 4. The van der Waals surface area contributed by atoms with Crippen LogP contribution in [0.15, 0.2) is 17.1 Å². The smallest absolute Gasteiger partial charge is 0.206 e. The van der Waals surface area contributed by atoms with E-state index < -0.39 is 0 Å². The van der Waals surface area contributed by atoms with Crippen molar-refractivity contribution >= 4 is 11.5 Å². The zero-order chi connectivity index (χ0) is 9.97. The molecule has 2 rings (SSSR count). The minimum atomic E-state index is -0.134. The normalized spacial score (nSPS) is 17.0. The molecule has 0 radical (unpaired) electrons. The molecule has 0 atom stereocenters. The molecule has 1 aromatic rings. The van der Waals surface area contributed by atoms with E-state index >= 15 is 0 Å². The standard InChI is InChI=1S/C9H13N3O2/c10-7-6-11-9(5-8(7)13)12-1-3-14-4-2-12/h5-6H,1-4,10H2,(H,11,13). The number of nitrogens with one attached hydrogen (secondary N) is 1. The molecule has 5 heteroatoms. The van der Waals surface area contributed by atoms with Crippen LogP contribution in [0.3, 0.4) is 0 Å². The number of hydrogen-bond donors (Lipinski definition) is 2. The van der Waals surface area contributed by atoms with Crippen molar-refractivity contribution in [3.8, 4) is 0 Å². The van der Waals surface area contributed by atoms with Gasteiger partial charge in [-0.2, -0.15) is 0 Å². The molecule has 0 amide bonds. The molecule has 0 aliphatic carbocycles. The molecule has 1 aliphatic heterocycles. The van der Waals surface area contributed by atoms with E-state index in [1.54, 1.807) is 0 Å². The Hall–Kier alpha value is -1.49. The summed E-state index contributed by atoms with van der Waals surface area (Å²) in [5.74, 6) is 0.813. The van der Waals surface area contributed by atoms with E-state index in [0.29, 0.717) is 13.2 Å². The van der Waals surface area contributed by atoms with Crippen LogP contribution in [0.5, 0.6) is 0 Å². The zero-order valence-electron chi connectivity index (χ0n) is 7.82. The predicted molar refractivity (Wildman–Crippen MR) is 54.5 cm³/mol. The molecule has 0 aromatic carbocycles. The summed E-state index contributed by atoms with van der Waals surface area (Å²) in [6, 6.07) is 1.53. The van der Waals surface area contributed by atoms with Crippen molar-refractivity contribution < 1.29 is 4.74 Å². The molecule has 0 unspecified atom stereocenters. The molecule has 0 spiro atoms. The van der Waals surface area contributed by atoms with Crippen LogP contribution in [0, 0.1) is 0 Å². The Morgan fingerprint density at radius 1 is 1.43 bits per heavy atom. The molecule has 2 heterocycles. The van der Waals surface area contributed by atoms with Crippen molar-refractivity contribution in [2.45, 2.75) is 0 Å². The van der Waals surface area contributed by atoms with E-state index in [2.05, 4.69) is 9.88 Å². The molecule has 3 N–H and O–H groups in total. The summed E-state index contributed by atoms with van der Waals surface area (Å²) in [6.45, 7) is 3.01. The second-order valence-corrected chi connectivity index (χ2v) is 3.24. The first-order valence-corrected chi connectivity index (χ1v) is 4.58. The van der Waals surface area contributed by atoms with Gasteiger partial charge in [0.1, 0.15) is 5.82 Å². The Kier molecular flexibility index (Phi) is 2.41. The van der Waals surface area contributed by atoms with Gasteiger partial charge in [-0.05, 0) is 0 Å². The third-order valence-corrected chi connectivity index (χ3v) is 2.28. The summed E-state index contributed by atoms with van der Waals surface area (Å²) in [4.78, 5) is 16.3. The van der Waals surface area contributed by atoms with E-state index in [9.17, 15) is 4.79 Å². The maximum Gasteiger partial charge on any atom is 0.206 e. The first-order chi connectivity index (χ1) is 6.77. The van der Waals surface area contributed by atoms with Gasteiger partial charge in [0.25, 0.3) is 0 Å². The predicted octanol–water partition coefficient (Wildman–Crippen LogP) is -0.206. The van der Waals surface area contributed by atoms with E-state index in [1.165, 1.54) is 12.3 Å². The van der Waals surface area contributed by atoms with Crippen LogP contribution in [0.4, 0.5) is 11.5 Å². The van der Waals surface area contributed by atoms with Crippen LogP contribution in [-0.2, 0) is 4.74 Å². The molecule has 0 saturated carbocycles. The van der Waals surface area contributed by atoms with Crippen LogP contribution in [-0.4, -0.2) is 31.3 Å². The van der Waals surface area contributed by atoms with Gasteiger partial charge in [-0.15, -0.1) is 0 Å². The molecular weight excluding hydrogens is 182 g/mol. The highest BCUT2D eigenvalue weighted by Gasteiger charge is 2.11. The minimum Gasteiger partial charge on any atom is -0.394 e. The molecule has 1 fully saturated rings. The van der Waals surface area contributed by atoms with E-state index in [1.807, 2.05) is 0 Å². The fraction of sp³-hybridized carbons (Fsp3) is 0.444. The number of nitrogen functional groups attached to an aromatic ring is 1. The number of anilines is 2. The van der Waals surface area contributed by atoms with Gasteiger partial charge in [0, 0.05) is 25.4 Å². The lowest BCUT2D eigenvalue weighted by Crippen LogP contribution is -2.37. The Balaban J connectivity index is 2.23. The highest BCUT2D eigenvalue weighted by atomic mass is 16.5. The second kappa shape index (κ2) is 3.71. The van der Waals surface area contributed by atoms with Gasteiger partial charge in [0.2, 0.25) is 5.43 Å². The van der Waals surface area contributed by atoms with E-state index in [4.69, 9.17) is 10.5 Å². The van der Waals surface area contributed by atoms with Crippen LogP contribution < -0.4 is 16.1 Å². The Morgan fingerprint density at radius 2 is 2.14 bits per heavy atom. The van der Waals surface area contributed by atoms with Crippen LogP contribution in [0.25, 0.3) is 0 Å². The number of nitrogens with zero attached hydrogens (tertiary/aromatic N) is 1. The van der Waals surface area contributed by atoms with Gasteiger partial charge in [-0.1, -0.05) is 0 Å². The lowest BCUT2D eigenvalue weighted by molar-refractivity contribution is 0.122. The number of H-pyrrole nitrogens is 1. The number of rotatable bonds is 1. The van der Waals surface area contributed by atoms with Gasteiger partial charge in [-0.25, -0.2) is 0 Å². The summed E-state index contributed by atoms with van der Waals surface area (Å²) < 4.78 is 5.22. The van der Waals surface area contributed by atoms with Gasteiger partial charge < -0.3 is 20.4 Å². The highest BCUT2D eigenvalue weighted by Crippen LogP contribution is 2.10. The maximum absolute atomic E-state index is 11.3. The number of nitrogens with two attached hydrogens (primary N) is 1. The summed E-state index contributed by atoms with van der Waals surface area (Å²) >= 11 is 0. The molecule has 76 valence electrons. The lowest BCUT2D eigenvalue weighted by Gasteiger charge is -2.28. The largest absolute Gasteiger partial charge is 0.394 e. The van der Waals surface area contributed by atoms with Crippen molar-refractivity contribution in [3.05, 3.63) is 22.5 Å². The average Bonchev–Trinajstić information content (AvgIpc) is 2.23. The van der Waals surface area contributed by atoms with Crippen molar-refractivity contribution in [2.24, 2.45) is 0 Å². The van der Waals surface area contributed by atoms with Crippen LogP contribution in [0.2, 0.25) is 0 Å². The number of aromatic amines is 1. The molecule has 1 saturated heterocycles. The molecule has 1 aromatic heterocycles. The number of aromatic nitrogens is 1. The Labute approximate surface area is 81.5 Å². The third-order valence-electron chi connectivity index (χ3n) is 2.28. The van der Waals surface area contributed by atoms with Crippen molar-refractivity contribution in [1.29, 1.82) is 0 Å². The summed E-state index contributed by atoms with van der Waals surface area (Å²) in [7, 11) is 0. The number of morpholine rings is 1. The van der Waals surface area contributed by atoms with Gasteiger partial charge in [0.05, 0.1) is 18.9 Å². The fourth-order valence-corrected chi connectivity index (χ4v) is 1.46. The fourth-order valence-electron chi connectivity index (χ4n) is 1.46. The average molecular weight is 195 g/mol. The molecule has 0 bridgehead atoms. The molecule has 1 aliphatic rings. The highest BCUT2D eigenvalue weighted by molar-refractivity contribution is 5.45. The SMILES string of the molecule is Nc1c[nH]c(N2CCOCC2)cc1=O. The molecule has 5 nitrogen and oxygen atoms in total. The zero-order valence-corrected chi connectivity index (χ0v) is 7.82. The second-order valence-electron chi connectivity index (χ2n) is 3.24.